The van der Waals surface area contributed by atoms with Crippen molar-refractivity contribution in [3.63, 3.8) is 0 Å². The molecule has 0 aliphatic heterocycles. The SMILES string of the molecule is CC/C=C\C/C=C\C/C=C\C/C=C\C/C=C\CCCCCCCCCCCC(=O)OCC(COC(=O)CCCCCCC/C=C\CCCC)OC(=O)CCCCCCC/C=C\CCCCCCCC. The minimum Gasteiger partial charge on any atom is -0.462 e. The fourth-order valence-electron chi connectivity index (χ4n) is 7.97. The lowest BCUT2D eigenvalue weighted by molar-refractivity contribution is -0.167. The van der Waals surface area contributed by atoms with Crippen LogP contribution in [0.4, 0.5) is 0 Å². The molecule has 69 heavy (non-hydrogen) atoms. The van der Waals surface area contributed by atoms with Crippen LogP contribution in [-0.4, -0.2) is 37.2 Å². The van der Waals surface area contributed by atoms with E-state index in [0.29, 0.717) is 19.3 Å². The number of carbonyl (C=O) groups is 3. The lowest BCUT2D eigenvalue weighted by Gasteiger charge is -2.18. The summed E-state index contributed by atoms with van der Waals surface area (Å²) in [7, 11) is 0. The van der Waals surface area contributed by atoms with E-state index in [2.05, 4.69) is 106 Å². The number of ether oxygens (including phenoxy) is 3. The molecule has 0 saturated carbocycles. The topological polar surface area (TPSA) is 78.9 Å². The van der Waals surface area contributed by atoms with E-state index in [9.17, 15) is 14.4 Å². The lowest BCUT2D eigenvalue weighted by atomic mass is 10.1. The van der Waals surface area contributed by atoms with Crippen molar-refractivity contribution >= 4 is 17.9 Å². The number of allylic oxidation sites excluding steroid dienone is 14. The molecule has 396 valence electrons. The average molecular weight is 962 g/mol. The molecule has 0 amide bonds. The van der Waals surface area contributed by atoms with Crippen LogP contribution in [0.25, 0.3) is 0 Å². The standard InChI is InChI=1S/C63H108O6/c1-4-7-10-13-16-19-22-24-26-27-28-29-30-31-32-33-34-35-37-38-41-44-47-50-53-56-62(65)68-59-60(58-67-61(64)55-52-49-46-43-40-21-18-15-12-9-6-3)69-63(66)57-54-51-48-45-42-39-36-25-23-20-17-14-11-8-5-2/h7,10,15-16,18-19,24-26,28-29,31-32,36,60H,4-6,8-9,11-14,17,20-23,27,30,33-35,37-59H2,1-3H3/b10-7-,18-15-,19-16-,26-24-,29-28-,32-31-,36-25-. The molecule has 0 fully saturated rings. The Morgan fingerprint density at radius 3 is 0.942 bits per heavy atom. The van der Waals surface area contributed by atoms with E-state index in [4.69, 9.17) is 14.2 Å². The maximum atomic E-state index is 12.8. The number of rotatable bonds is 52. The first kappa shape index (κ1) is 65.6. The molecule has 0 aromatic heterocycles. The van der Waals surface area contributed by atoms with Crippen molar-refractivity contribution < 1.29 is 28.6 Å². The van der Waals surface area contributed by atoms with Gasteiger partial charge in [0, 0.05) is 19.3 Å². The van der Waals surface area contributed by atoms with Gasteiger partial charge in [0.2, 0.25) is 0 Å². The molecule has 0 aliphatic carbocycles. The van der Waals surface area contributed by atoms with Crippen LogP contribution in [0.5, 0.6) is 0 Å². The molecule has 0 N–H and O–H groups in total. The number of esters is 3. The summed E-state index contributed by atoms with van der Waals surface area (Å²) in [5.41, 5.74) is 0. The van der Waals surface area contributed by atoms with Crippen LogP contribution >= 0.6 is 0 Å². The Labute approximate surface area is 426 Å². The van der Waals surface area contributed by atoms with E-state index in [-0.39, 0.29) is 31.1 Å². The molecule has 0 rings (SSSR count). The average Bonchev–Trinajstić information content (AvgIpc) is 3.35. The van der Waals surface area contributed by atoms with Gasteiger partial charge in [0.1, 0.15) is 13.2 Å². The summed E-state index contributed by atoms with van der Waals surface area (Å²) < 4.78 is 16.8. The van der Waals surface area contributed by atoms with Crippen molar-refractivity contribution in [3.05, 3.63) is 85.1 Å². The molecule has 0 aromatic rings. The number of carbonyl (C=O) groups excluding carboxylic acids is 3. The van der Waals surface area contributed by atoms with Gasteiger partial charge in [-0.05, 0) is 109 Å². The second-order valence-corrected chi connectivity index (χ2v) is 19.2. The van der Waals surface area contributed by atoms with E-state index in [1.807, 2.05) is 0 Å². The summed E-state index contributed by atoms with van der Waals surface area (Å²) in [6.07, 6.45) is 74.3. The van der Waals surface area contributed by atoms with Crippen LogP contribution in [0.1, 0.15) is 278 Å². The molecule has 1 unspecified atom stereocenters. The van der Waals surface area contributed by atoms with Crippen LogP contribution in [0, 0.1) is 0 Å². The Kier molecular flexibility index (Phi) is 54.3. The summed E-state index contributed by atoms with van der Waals surface area (Å²) in [6.45, 7) is 6.47. The van der Waals surface area contributed by atoms with Gasteiger partial charge in [0.15, 0.2) is 6.10 Å². The predicted molar refractivity (Wildman–Crippen MR) is 297 cm³/mol. The smallest absolute Gasteiger partial charge is 0.306 e. The third-order valence-corrected chi connectivity index (χ3v) is 12.4. The summed E-state index contributed by atoms with van der Waals surface area (Å²) in [6, 6.07) is 0. The summed E-state index contributed by atoms with van der Waals surface area (Å²) >= 11 is 0. The molecule has 1 atom stereocenters. The minimum atomic E-state index is -0.786. The summed E-state index contributed by atoms with van der Waals surface area (Å²) in [5, 5.41) is 0. The number of hydrogen-bond donors (Lipinski definition) is 0. The first-order valence-corrected chi connectivity index (χ1v) is 29.1. The molecule has 0 saturated heterocycles. The van der Waals surface area contributed by atoms with Crippen LogP contribution in [0.2, 0.25) is 0 Å². The highest BCUT2D eigenvalue weighted by molar-refractivity contribution is 5.71. The molecule has 0 heterocycles. The monoisotopic (exact) mass is 961 g/mol. The zero-order chi connectivity index (χ0) is 50.0. The van der Waals surface area contributed by atoms with Crippen molar-refractivity contribution in [2.24, 2.45) is 0 Å². The van der Waals surface area contributed by atoms with Crippen LogP contribution in [-0.2, 0) is 28.6 Å². The lowest BCUT2D eigenvalue weighted by Crippen LogP contribution is -2.30. The second-order valence-electron chi connectivity index (χ2n) is 19.2. The van der Waals surface area contributed by atoms with Gasteiger partial charge < -0.3 is 14.2 Å². The Morgan fingerprint density at radius 2 is 0.580 bits per heavy atom. The maximum Gasteiger partial charge on any atom is 0.306 e. The van der Waals surface area contributed by atoms with Crippen molar-refractivity contribution in [2.75, 3.05) is 13.2 Å². The first-order valence-electron chi connectivity index (χ1n) is 29.1. The fourth-order valence-corrected chi connectivity index (χ4v) is 7.97. The van der Waals surface area contributed by atoms with Crippen LogP contribution < -0.4 is 0 Å². The minimum absolute atomic E-state index is 0.0851. The quantitative estimate of drug-likeness (QED) is 0.0262. The molecule has 0 spiro atoms. The Balaban J connectivity index is 4.30. The van der Waals surface area contributed by atoms with Crippen molar-refractivity contribution in [2.45, 2.75) is 284 Å². The molecule has 0 aromatic carbocycles. The van der Waals surface area contributed by atoms with Crippen LogP contribution in [0.15, 0.2) is 85.1 Å². The Morgan fingerprint density at radius 1 is 0.304 bits per heavy atom. The molecule has 0 aliphatic rings. The zero-order valence-electron chi connectivity index (χ0n) is 45.3. The van der Waals surface area contributed by atoms with Crippen molar-refractivity contribution in [3.8, 4) is 0 Å². The normalized spacial score (nSPS) is 12.7. The number of unbranched alkanes of at least 4 members (excludes halogenated alkanes) is 27. The van der Waals surface area contributed by atoms with Gasteiger partial charge in [-0.25, -0.2) is 0 Å². The Hall–Kier alpha value is -3.41. The van der Waals surface area contributed by atoms with E-state index >= 15 is 0 Å². The van der Waals surface area contributed by atoms with E-state index in [1.54, 1.807) is 0 Å². The van der Waals surface area contributed by atoms with Crippen molar-refractivity contribution in [1.82, 2.24) is 0 Å². The highest BCUT2D eigenvalue weighted by Gasteiger charge is 2.19. The second kappa shape index (κ2) is 57.2. The van der Waals surface area contributed by atoms with Gasteiger partial charge >= 0.3 is 17.9 Å². The maximum absolute atomic E-state index is 12.8. The van der Waals surface area contributed by atoms with Gasteiger partial charge in [-0.3, -0.25) is 14.4 Å². The third kappa shape index (κ3) is 55.4. The zero-order valence-corrected chi connectivity index (χ0v) is 45.3. The van der Waals surface area contributed by atoms with Crippen molar-refractivity contribution in [1.29, 1.82) is 0 Å². The molecule has 0 radical (unpaired) electrons. The van der Waals surface area contributed by atoms with Crippen LogP contribution in [0.3, 0.4) is 0 Å². The van der Waals surface area contributed by atoms with E-state index in [0.717, 1.165) is 116 Å². The van der Waals surface area contributed by atoms with E-state index < -0.39 is 6.10 Å². The fraction of sp³-hybridized carbons (Fsp3) is 0.730. The summed E-state index contributed by atoms with van der Waals surface area (Å²) in [5.74, 6) is -0.904. The largest absolute Gasteiger partial charge is 0.462 e. The van der Waals surface area contributed by atoms with E-state index in [1.165, 1.54) is 122 Å². The highest BCUT2D eigenvalue weighted by atomic mass is 16.6. The van der Waals surface area contributed by atoms with Gasteiger partial charge in [-0.1, -0.05) is 234 Å². The van der Waals surface area contributed by atoms with Gasteiger partial charge in [0.05, 0.1) is 0 Å². The summed E-state index contributed by atoms with van der Waals surface area (Å²) in [4.78, 5) is 38.1. The first-order chi connectivity index (χ1) is 34.0. The molecule has 6 nitrogen and oxygen atoms in total. The highest BCUT2D eigenvalue weighted by Crippen LogP contribution is 2.15. The Bertz CT molecular complexity index is 1330. The molecular formula is C63H108O6. The predicted octanol–water partition coefficient (Wildman–Crippen LogP) is 19.5. The van der Waals surface area contributed by atoms with Gasteiger partial charge in [-0.2, -0.15) is 0 Å². The third-order valence-electron chi connectivity index (χ3n) is 12.4. The van der Waals surface area contributed by atoms with Gasteiger partial charge in [0.25, 0.3) is 0 Å². The number of hydrogen-bond acceptors (Lipinski definition) is 6. The molecular weight excluding hydrogens is 853 g/mol. The molecule has 0 bridgehead atoms. The van der Waals surface area contributed by atoms with Gasteiger partial charge in [-0.15, -0.1) is 0 Å². The molecule has 6 heteroatoms.